The molecule has 6 heteroatoms. The van der Waals surface area contributed by atoms with Crippen LogP contribution in [0.2, 0.25) is 0 Å². The number of benzene rings is 8. The van der Waals surface area contributed by atoms with Gasteiger partial charge in [0.25, 0.3) is 0 Å². The molecule has 12 aromatic rings. The number of fused-ring (bicyclic) bond motifs is 9. The number of hydrogen-bond donors (Lipinski definition) is 0. The van der Waals surface area contributed by atoms with Crippen LogP contribution in [0.5, 0.6) is 0 Å². The fourth-order valence-corrected chi connectivity index (χ4v) is 8.32. The predicted octanol–water partition coefficient (Wildman–Crippen LogP) is 13.4. The topological polar surface area (TPSA) is 69.9 Å². The lowest BCUT2D eigenvalue weighted by Gasteiger charge is -2.09. The Labute approximate surface area is 325 Å². The molecule has 0 bridgehead atoms. The number of rotatable bonds is 5. The zero-order chi connectivity index (χ0) is 37.5. The van der Waals surface area contributed by atoms with Crippen LogP contribution in [0.3, 0.4) is 0 Å². The lowest BCUT2D eigenvalue weighted by atomic mass is 10.0. The van der Waals surface area contributed by atoms with Gasteiger partial charge in [0.1, 0.15) is 22.3 Å². The highest BCUT2D eigenvalue weighted by Gasteiger charge is 2.18. The number of nitrogens with zero attached hydrogens (tertiary/aromatic N) is 4. The molecule has 0 atom stereocenters. The molecule has 8 aromatic carbocycles. The minimum Gasteiger partial charge on any atom is -0.456 e. The quantitative estimate of drug-likeness (QED) is 0.176. The molecule has 6 nitrogen and oxygen atoms in total. The second kappa shape index (κ2) is 12.3. The Morgan fingerprint density at radius 3 is 1.56 bits per heavy atom. The van der Waals surface area contributed by atoms with E-state index < -0.39 is 0 Å². The predicted molar refractivity (Wildman–Crippen MR) is 230 cm³/mol. The fraction of sp³-hybridized carbons (Fsp3) is 0. The molecule has 266 valence electrons. The first-order valence-electron chi connectivity index (χ1n) is 19.0. The minimum atomic E-state index is 0.571. The molecular formula is C51H30N4O2. The molecule has 4 heterocycles. The van der Waals surface area contributed by atoms with Crippen LogP contribution in [0, 0.1) is 0 Å². The number of hydrogen-bond acceptors (Lipinski definition) is 5. The molecule has 0 fully saturated rings. The van der Waals surface area contributed by atoms with Crippen LogP contribution < -0.4 is 0 Å². The first-order valence-corrected chi connectivity index (χ1v) is 19.0. The van der Waals surface area contributed by atoms with E-state index in [1.807, 2.05) is 66.7 Å². The van der Waals surface area contributed by atoms with E-state index in [0.29, 0.717) is 17.5 Å². The summed E-state index contributed by atoms with van der Waals surface area (Å²) < 4.78 is 15.1. The average Bonchev–Trinajstić information content (AvgIpc) is 3.95. The summed E-state index contributed by atoms with van der Waals surface area (Å²) in [7, 11) is 0. The molecule has 12 rings (SSSR count). The van der Waals surface area contributed by atoms with Crippen molar-refractivity contribution in [1.82, 2.24) is 19.5 Å². The smallest absolute Gasteiger partial charge is 0.164 e. The normalized spacial score (nSPS) is 11.9. The second-order valence-electron chi connectivity index (χ2n) is 14.4. The van der Waals surface area contributed by atoms with E-state index >= 15 is 0 Å². The van der Waals surface area contributed by atoms with Gasteiger partial charge < -0.3 is 13.4 Å². The first kappa shape index (κ1) is 31.5. The van der Waals surface area contributed by atoms with Gasteiger partial charge >= 0.3 is 0 Å². The molecule has 0 saturated carbocycles. The zero-order valence-electron chi connectivity index (χ0n) is 30.4. The van der Waals surface area contributed by atoms with Gasteiger partial charge in [0, 0.05) is 54.7 Å². The molecule has 0 radical (unpaired) electrons. The summed E-state index contributed by atoms with van der Waals surface area (Å²) >= 11 is 0. The minimum absolute atomic E-state index is 0.571. The van der Waals surface area contributed by atoms with Gasteiger partial charge in [-0.15, -0.1) is 0 Å². The Bertz CT molecular complexity index is 3530. The summed E-state index contributed by atoms with van der Waals surface area (Å²) in [6.45, 7) is 0. The Morgan fingerprint density at radius 2 is 0.789 bits per heavy atom. The Kier molecular flexibility index (Phi) is 6.83. The summed E-state index contributed by atoms with van der Waals surface area (Å²) in [5.41, 5.74) is 11.6. The first-order chi connectivity index (χ1) is 28.2. The van der Waals surface area contributed by atoms with Gasteiger partial charge in [-0.25, -0.2) is 15.0 Å². The zero-order valence-corrected chi connectivity index (χ0v) is 30.4. The standard InChI is InChI=1S/C51H30N4O2/c1-3-11-31(12-4-1)49-52-50(34-22-26-46-42(27-34)39-16-8-10-18-45(39)56-46)54-51(53-49)35-21-25-41-40-24-20-33(29-47(40)57-48(41)30-35)32-19-23-38-37-15-7-9-17-43(37)55(44(38)28-32)36-13-5-2-6-14-36/h1-30H. The van der Waals surface area contributed by atoms with Gasteiger partial charge in [-0.1, -0.05) is 109 Å². The third-order valence-corrected chi connectivity index (χ3v) is 11.1. The van der Waals surface area contributed by atoms with Gasteiger partial charge in [0.05, 0.1) is 11.0 Å². The van der Waals surface area contributed by atoms with Crippen LogP contribution >= 0.6 is 0 Å². The molecule has 0 aliphatic heterocycles. The third kappa shape index (κ3) is 5.08. The van der Waals surface area contributed by atoms with Gasteiger partial charge in [0.15, 0.2) is 17.5 Å². The van der Waals surface area contributed by atoms with Crippen LogP contribution in [0.4, 0.5) is 0 Å². The maximum atomic E-state index is 6.63. The number of furan rings is 2. The average molecular weight is 731 g/mol. The Hall–Kier alpha value is -7.83. The van der Waals surface area contributed by atoms with E-state index in [2.05, 4.69) is 120 Å². The summed E-state index contributed by atoms with van der Waals surface area (Å²) in [5, 5.41) is 6.63. The lowest BCUT2D eigenvalue weighted by Crippen LogP contribution is -2.00. The summed E-state index contributed by atoms with van der Waals surface area (Å²) in [4.78, 5) is 15.0. The summed E-state index contributed by atoms with van der Waals surface area (Å²) in [6, 6.07) is 62.9. The maximum Gasteiger partial charge on any atom is 0.164 e. The van der Waals surface area contributed by atoms with Crippen LogP contribution in [0.15, 0.2) is 191 Å². The van der Waals surface area contributed by atoms with Crippen molar-refractivity contribution < 1.29 is 8.83 Å². The SMILES string of the molecule is c1ccc(-c2nc(-c3ccc4c(c3)oc3cc(-c5ccc6c7ccccc7n(-c7ccccc7)c6c5)ccc34)nc(-c3ccc4oc5ccccc5c4c3)n2)cc1. The van der Waals surface area contributed by atoms with E-state index in [0.717, 1.165) is 77.4 Å². The van der Waals surface area contributed by atoms with Crippen molar-refractivity contribution in [2.45, 2.75) is 0 Å². The van der Waals surface area contributed by atoms with Crippen molar-refractivity contribution >= 4 is 65.7 Å². The summed E-state index contributed by atoms with van der Waals surface area (Å²) in [6.07, 6.45) is 0. The largest absolute Gasteiger partial charge is 0.456 e. The van der Waals surface area contributed by atoms with Crippen molar-refractivity contribution in [3.63, 3.8) is 0 Å². The Morgan fingerprint density at radius 1 is 0.298 bits per heavy atom. The third-order valence-electron chi connectivity index (χ3n) is 11.1. The maximum absolute atomic E-state index is 6.63. The monoisotopic (exact) mass is 730 g/mol. The molecule has 0 amide bonds. The van der Waals surface area contributed by atoms with E-state index in [4.69, 9.17) is 23.8 Å². The number of aromatic nitrogens is 4. The molecule has 0 unspecified atom stereocenters. The van der Waals surface area contributed by atoms with Gasteiger partial charge in [-0.2, -0.15) is 0 Å². The van der Waals surface area contributed by atoms with E-state index in [1.54, 1.807) is 0 Å². The molecule has 0 aliphatic carbocycles. The fourth-order valence-electron chi connectivity index (χ4n) is 8.32. The van der Waals surface area contributed by atoms with Crippen LogP contribution in [-0.2, 0) is 0 Å². The van der Waals surface area contributed by atoms with Crippen molar-refractivity contribution in [3.8, 4) is 51.0 Å². The molecular weight excluding hydrogens is 701 g/mol. The molecule has 0 spiro atoms. The highest BCUT2D eigenvalue weighted by molar-refractivity contribution is 6.11. The van der Waals surface area contributed by atoms with E-state index in [-0.39, 0.29) is 0 Å². The van der Waals surface area contributed by atoms with Crippen LogP contribution in [0.25, 0.3) is 117 Å². The van der Waals surface area contributed by atoms with E-state index in [1.165, 1.54) is 21.8 Å². The van der Waals surface area contributed by atoms with Gasteiger partial charge in [-0.05, 0) is 83.9 Å². The second-order valence-corrected chi connectivity index (χ2v) is 14.4. The van der Waals surface area contributed by atoms with Gasteiger partial charge in [0.2, 0.25) is 0 Å². The lowest BCUT2D eigenvalue weighted by molar-refractivity contribution is 0.668. The van der Waals surface area contributed by atoms with Gasteiger partial charge in [-0.3, -0.25) is 0 Å². The van der Waals surface area contributed by atoms with E-state index in [9.17, 15) is 0 Å². The molecule has 0 saturated heterocycles. The Balaban J connectivity index is 0.968. The molecule has 57 heavy (non-hydrogen) atoms. The van der Waals surface area contributed by atoms with Crippen LogP contribution in [0.1, 0.15) is 0 Å². The molecule has 4 aromatic heterocycles. The molecule has 0 N–H and O–H groups in total. The highest BCUT2D eigenvalue weighted by Crippen LogP contribution is 2.38. The highest BCUT2D eigenvalue weighted by atomic mass is 16.3. The van der Waals surface area contributed by atoms with Crippen molar-refractivity contribution in [3.05, 3.63) is 182 Å². The number of para-hydroxylation sites is 3. The van der Waals surface area contributed by atoms with Crippen LogP contribution in [-0.4, -0.2) is 19.5 Å². The molecule has 0 aliphatic rings. The summed E-state index contributed by atoms with van der Waals surface area (Å²) in [5.74, 6) is 1.76. The van der Waals surface area contributed by atoms with Crippen molar-refractivity contribution in [2.24, 2.45) is 0 Å². The van der Waals surface area contributed by atoms with Crippen molar-refractivity contribution in [2.75, 3.05) is 0 Å². The van der Waals surface area contributed by atoms with Crippen molar-refractivity contribution in [1.29, 1.82) is 0 Å².